The lowest BCUT2D eigenvalue weighted by Gasteiger charge is -2.18. The highest BCUT2D eigenvalue weighted by Gasteiger charge is 2.21. The molecule has 0 N–H and O–H groups in total. The van der Waals surface area contributed by atoms with E-state index in [9.17, 15) is 5.26 Å². The molecule has 0 spiro atoms. The van der Waals surface area contributed by atoms with Gasteiger partial charge in [0.2, 0.25) is 5.69 Å². The SMILES string of the molecule is [C-]#[N+]c1cccc(-c2ccccc2-c2ccc(-n3c4ccccc4c4c(C#N)cccc43)cc2)c1-n1c2ccccc2c2ccccc21. The molecule has 9 aromatic rings. The smallest absolute Gasteiger partial charge is 0.211 e. The summed E-state index contributed by atoms with van der Waals surface area (Å²) in [5, 5.41) is 14.3. The van der Waals surface area contributed by atoms with Crippen LogP contribution < -0.4 is 0 Å². The molecule has 0 aliphatic carbocycles. The van der Waals surface area contributed by atoms with Gasteiger partial charge in [0, 0.05) is 27.2 Å². The van der Waals surface area contributed by atoms with E-state index in [-0.39, 0.29) is 0 Å². The molecule has 0 aliphatic heterocycles. The van der Waals surface area contributed by atoms with Gasteiger partial charge in [-0.1, -0.05) is 115 Å². The molecule has 7 aromatic carbocycles. The van der Waals surface area contributed by atoms with Gasteiger partial charge in [-0.2, -0.15) is 5.26 Å². The average molecular weight is 611 g/mol. The average Bonchev–Trinajstić information content (AvgIpc) is 3.67. The van der Waals surface area contributed by atoms with E-state index >= 15 is 0 Å². The number of nitrogens with zero attached hydrogens (tertiary/aromatic N) is 4. The van der Waals surface area contributed by atoms with Gasteiger partial charge in [-0.15, -0.1) is 0 Å². The Balaban J connectivity index is 1.24. The van der Waals surface area contributed by atoms with Gasteiger partial charge in [0.05, 0.1) is 46.0 Å². The van der Waals surface area contributed by atoms with Crippen LogP contribution in [0.5, 0.6) is 0 Å². The quantitative estimate of drug-likeness (QED) is 0.183. The second-order valence-electron chi connectivity index (χ2n) is 11.9. The van der Waals surface area contributed by atoms with Crippen LogP contribution in [0.4, 0.5) is 5.69 Å². The number of hydrogen-bond donors (Lipinski definition) is 0. The zero-order valence-electron chi connectivity index (χ0n) is 25.8. The standard InChI is InChI=1S/C44H26N4/c1-46-38-19-11-18-36(44(38)48-39-20-7-4-15-34(39)35-16-5-8-21-40(35)48)33-14-3-2-13-32(33)29-24-26-31(27-25-29)47-41-22-9-6-17-37(41)43-30(28-45)12-10-23-42(43)47/h2-27H. The van der Waals surface area contributed by atoms with Crippen molar-refractivity contribution < 1.29 is 0 Å². The summed E-state index contributed by atoms with van der Waals surface area (Å²) in [7, 11) is 0. The van der Waals surface area contributed by atoms with Gasteiger partial charge in [0.1, 0.15) is 0 Å². The molecule has 0 saturated carbocycles. The maximum absolute atomic E-state index is 9.90. The first-order chi connectivity index (χ1) is 23.8. The molecule has 4 heteroatoms. The van der Waals surface area contributed by atoms with Gasteiger partial charge in [-0.3, -0.25) is 0 Å². The van der Waals surface area contributed by atoms with E-state index in [1.807, 2.05) is 36.4 Å². The number of fused-ring (bicyclic) bond motifs is 6. The fourth-order valence-corrected chi connectivity index (χ4v) is 7.39. The van der Waals surface area contributed by atoms with Gasteiger partial charge in [0.15, 0.2) is 0 Å². The lowest BCUT2D eigenvalue weighted by molar-refractivity contribution is 1.18. The Labute approximate surface area is 277 Å². The predicted octanol–water partition coefficient (Wildman–Crippen LogP) is 11.6. The van der Waals surface area contributed by atoms with Crippen molar-refractivity contribution in [2.45, 2.75) is 0 Å². The summed E-state index contributed by atoms with van der Waals surface area (Å²) in [6, 6.07) is 56.5. The molecule has 0 bridgehead atoms. The first-order valence-corrected chi connectivity index (χ1v) is 15.9. The summed E-state index contributed by atoms with van der Waals surface area (Å²) in [5.41, 5.74) is 11.6. The van der Waals surface area contributed by atoms with Crippen molar-refractivity contribution in [3.8, 4) is 39.7 Å². The van der Waals surface area contributed by atoms with Gasteiger partial charge in [-0.05, 0) is 64.7 Å². The van der Waals surface area contributed by atoms with Crippen LogP contribution in [0.15, 0.2) is 158 Å². The monoisotopic (exact) mass is 610 g/mol. The molecule has 2 heterocycles. The molecule has 2 aromatic heterocycles. The van der Waals surface area contributed by atoms with Crippen LogP contribution in [0.25, 0.3) is 82.1 Å². The van der Waals surface area contributed by atoms with Crippen LogP contribution in [0.1, 0.15) is 5.56 Å². The molecular formula is C44H26N4. The third-order valence-corrected chi connectivity index (χ3v) is 9.41. The first kappa shape index (κ1) is 27.4. The van der Waals surface area contributed by atoms with Crippen molar-refractivity contribution in [3.05, 3.63) is 175 Å². The normalized spacial score (nSPS) is 11.3. The predicted molar refractivity (Wildman–Crippen MR) is 197 cm³/mol. The second-order valence-corrected chi connectivity index (χ2v) is 11.9. The molecule has 4 nitrogen and oxygen atoms in total. The highest BCUT2D eigenvalue weighted by Crippen LogP contribution is 2.43. The van der Waals surface area contributed by atoms with E-state index in [0.717, 1.165) is 77.2 Å². The zero-order valence-corrected chi connectivity index (χ0v) is 25.8. The Hall–Kier alpha value is -6.88. The van der Waals surface area contributed by atoms with Crippen LogP contribution in [-0.4, -0.2) is 9.13 Å². The van der Waals surface area contributed by atoms with Crippen LogP contribution in [0.2, 0.25) is 0 Å². The number of benzene rings is 7. The molecule has 0 radical (unpaired) electrons. The molecule has 0 unspecified atom stereocenters. The highest BCUT2D eigenvalue weighted by molar-refractivity contribution is 6.12. The Morgan fingerprint density at radius 3 is 1.69 bits per heavy atom. The Morgan fingerprint density at radius 2 is 1.02 bits per heavy atom. The summed E-state index contributed by atoms with van der Waals surface area (Å²) >= 11 is 0. The highest BCUT2D eigenvalue weighted by atomic mass is 15.0. The molecule has 0 atom stereocenters. The van der Waals surface area contributed by atoms with Gasteiger partial charge in [0.25, 0.3) is 0 Å². The van der Waals surface area contributed by atoms with Crippen molar-refractivity contribution >= 4 is 49.3 Å². The summed E-state index contributed by atoms with van der Waals surface area (Å²) in [6.45, 7) is 8.20. The largest absolute Gasteiger partial charge is 0.318 e. The number of aromatic nitrogens is 2. The summed E-state index contributed by atoms with van der Waals surface area (Å²) in [6.07, 6.45) is 0. The maximum atomic E-state index is 9.90. The van der Waals surface area contributed by atoms with Crippen molar-refractivity contribution in [2.24, 2.45) is 0 Å². The van der Waals surface area contributed by atoms with Crippen molar-refractivity contribution in [3.63, 3.8) is 0 Å². The molecular weight excluding hydrogens is 585 g/mol. The molecule has 0 fully saturated rings. The zero-order chi connectivity index (χ0) is 32.2. The Kier molecular flexibility index (Phi) is 6.22. The minimum Gasteiger partial charge on any atom is -0.318 e. The molecule has 0 amide bonds. The summed E-state index contributed by atoms with van der Waals surface area (Å²) in [4.78, 5) is 4.04. The summed E-state index contributed by atoms with van der Waals surface area (Å²) < 4.78 is 4.49. The van der Waals surface area contributed by atoms with Gasteiger partial charge in [-0.25, -0.2) is 4.85 Å². The molecule has 0 saturated heterocycles. The fourth-order valence-electron chi connectivity index (χ4n) is 7.39. The topological polar surface area (TPSA) is 38.0 Å². The lowest BCUT2D eigenvalue weighted by Crippen LogP contribution is -1.99. The van der Waals surface area contributed by atoms with Crippen molar-refractivity contribution in [1.82, 2.24) is 9.13 Å². The number of nitriles is 1. The third-order valence-electron chi connectivity index (χ3n) is 9.41. The lowest BCUT2D eigenvalue weighted by atomic mass is 9.93. The van der Waals surface area contributed by atoms with Crippen LogP contribution >= 0.6 is 0 Å². The fraction of sp³-hybridized carbons (Fsp3) is 0. The van der Waals surface area contributed by atoms with Gasteiger partial charge >= 0.3 is 0 Å². The van der Waals surface area contributed by atoms with Crippen LogP contribution in [-0.2, 0) is 0 Å². The Morgan fingerprint density at radius 1 is 0.479 bits per heavy atom. The molecule has 9 rings (SSSR count). The molecule has 48 heavy (non-hydrogen) atoms. The van der Waals surface area contributed by atoms with Crippen molar-refractivity contribution in [2.75, 3.05) is 0 Å². The number of para-hydroxylation sites is 4. The minimum absolute atomic E-state index is 0.604. The summed E-state index contributed by atoms with van der Waals surface area (Å²) in [5.74, 6) is 0. The van der Waals surface area contributed by atoms with E-state index in [2.05, 4.69) is 141 Å². The van der Waals surface area contributed by atoms with E-state index in [1.165, 1.54) is 0 Å². The Bertz CT molecular complexity index is 2750. The second kappa shape index (κ2) is 10.9. The van der Waals surface area contributed by atoms with Crippen LogP contribution in [0, 0.1) is 17.9 Å². The first-order valence-electron chi connectivity index (χ1n) is 15.9. The number of rotatable bonds is 4. The minimum atomic E-state index is 0.604. The van der Waals surface area contributed by atoms with E-state index in [1.54, 1.807) is 0 Å². The number of hydrogen-bond acceptors (Lipinski definition) is 1. The van der Waals surface area contributed by atoms with Crippen molar-refractivity contribution in [1.29, 1.82) is 5.26 Å². The molecule has 222 valence electrons. The third kappa shape index (κ3) is 4.01. The van der Waals surface area contributed by atoms with Gasteiger partial charge < -0.3 is 9.13 Å². The van der Waals surface area contributed by atoms with E-state index < -0.39 is 0 Å². The van der Waals surface area contributed by atoms with E-state index in [0.29, 0.717) is 11.3 Å². The van der Waals surface area contributed by atoms with Crippen LogP contribution in [0.3, 0.4) is 0 Å². The maximum Gasteiger partial charge on any atom is 0.211 e. The van der Waals surface area contributed by atoms with E-state index in [4.69, 9.17) is 6.57 Å². The molecule has 0 aliphatic rings.